The fourth-order valence-corrected chi connectivity index (χ4v) is 7.22. The predicted octanol–water partition coefficient (Wildman–Crippen LogP) is 2.29. The smallest absolute Gasteiger partial charge is 0.312 e. The summed E-state index contributed by atoms with van der Waals surface area (Å²) in [5, 5.41) is 10.0. The zero-order valence-electron chi connectivity index (χ0n) is 21.0. The van der Waals surface area contributed by atoms with Crippen LogP contribution in [-0.2, 0) is 23.9 Å². The Kier molecular flexibility index (Phi) is 6.86. The minimum Gasteiger partial charge on any atom is -0.466 e. The summed E-state index contributed by atoms with van der Waals surface area (Å²) in [6.45, 7) is 11.6. The molecule has 1 spiro atoms. The number of aliphatic hydroxyl groups excluding tert-OH is 1. The molecule has 4 fully saturated rings. The molecule has 7 atom stereocenters. The third-order valence-electron chi connectivity index (χ3n) is 8.89. The van der Waals surface area contributed by atoms with Crippen molar-refractivity contribution in [3.63, 3.8) is 0 Å². The van der Waals surface area contributed by atoms with E-state index in [4.69, 9.17) is 9.47 Å². The number of fused-ring (bicyclic) bond motifs is 1. The van der Waals surface area contributed by atoms with E-state index in [1.54, 1.807) is 19.9 Å². The molecule has 0 aromatic rings. The lowest BCUT2D eigenvalue weighted by molar-refractivity contribution is -0.163. The molecule has 3 heterocycles. The van der Waals surface area contributed by atoms with Crippen molar-refractivity contribution >= 4 is 17.8 Å². The normalized spacial score (nSPS) is 38.0. The molecule has 0 radical (unpaired) electrons. The molecule has 0 aromatic heterocycles. The molecule has 1 aliphatic carbocycles. The second-order valence-electron chi connectivity index (χ2n) is 10.8. The van der Waals surface area contributed by atoms with Gasteiger partial charge >= 0.3 is 5.97 Å². The molecule has 8 nitrogen and oxygen atoms in total. The molecule has 1 saturated carbocycles. The van der Waals surface area contributed by atoms with Gasteiger partial charge < -0.3 is 24.4 Å². The highest BCUT2D eigenvalue weighted by Gasteiger charge is 2.80. The van der Waals surface area contributed by atoms with Gasteiger partial charge in [-0.05, 0) is 46.0 Å². The summed E-state index contributed by atoms with van der Waals surface area (Å²) in [6.07, 6.45) is 7.38. The van der Waals surface area contributed by atoms with Gasteiger partial charge in [-0.25, -0.2) is 0 Å². The van der Waals surface area contributed by atoms with Crippen molar-refractivity contribution < 1.29 is 29.0 Å². The van der Waals surface area contributed by atoms with Crippen LogP contribution in [0, 0.1) is 17.8 Å². The number of aliphatic hydroxyl groups is 1. The molecular weight excluding hydrogens is 436 g/mol. The van der Waals surface area contributed by atoms with Crippen LogP contribution in [0.5, 0.6) is 0 Å². The Morgan fingerprint density at radius 2 is 2.03 bits per heavy atom. The summed E-state index contributed by atoms with van der Waals surface area (Å²) < 4.78 is 12.1. The predicted molar refractivity (Wildman–Crippen MR) is 126 cm³/mol. The van der Waals surface area contributed by atoms with Crippen molar-refractivity contribution in [3.05, 3.63) is 12.7 Å². The number of likely N-dealkylation sites (tertiary alicyclic amines) is 1. The van der Waals surface area contributed by atoms with Crippen LogP contribution in [0.15, 0.2) is 12.7 Å². The van der Waals surface area contributed by atoms with E-state index in [0.717, 1.165) is 32.1 Å². The summed E-state index contributed by atoms with van der Waals surface area (Å²) in [7, 11) is 0. The SMILES string of the molecule is C=CCN(C(=O)C1N([C@H](C)CO)C(=O)[C@@H]2[C@H](C(=O)OCC)[C@@]3(C)OC12CC3C)C1CCCCC1. The highest BCUT2D eigenvalue weighted by Crippen LogP contribution is 2.65. The minimum atomic E-state index is -1.11. The highest BCUT2D eigenvalue weighted by atomic mass is 16.6. The van der Waals surface area contributed by atoms with Gasteiger partial charge in [0.05, 0.1) is 30.8 Å². The minimum absolute atomic E-state index is 0.0341. The number of amides is 2. The van der Waals surface area contributed by atoms with Crippen LogP contribution in [0.1, 0.15) is 66.2 Å². The number of carbonyl (C=O) groups excluding carboxylic acids is 3. The van der Waals surface area contributed by atoms with E-state index in [1.807, 2.05) is 18.7 Å². The Morgan fingerprint density at radius 1 is 1.35 bits per heavy atom. The van der Waals surface area contributed by atoms with E-state index in [-0.39, 0.29) is 37.0 Å². The Hall–Kier alpha value is -1.93. The summed E-state index contributed by atoms with van der Waals surface area (Å²) in [4.78, 5) is 44.8. The Balaban J connectivity index is 1.80. The molecule has 3 aliphatic heterocycles. The molecule has 34 heavy (non-hydrogen) atoms. The quantitative estimate of drug-likeness (QED) is 0.427. The highest BCUT2D eigenvalue weighted by molar-refractivity contribution is 5.99. The molecule has 3 unspecified atom stereocenters. The largest absolute Gasteiger partial charge is 0.466 e. The molecular formula is C26H40N2O6. The van der Waals surface area contributed by atoms with Gasteiger partial charge in [0.25, 0.3) is 0 Å². The third-order valence-corrected chi connectivity index (χ3v) is 8.89. The first-order valence-electron chi connectivity index (χ1n) is 12.9. The zero-order chi connectivity index (χ0) is 24.8. The van der Waals surface area contributed by atoms with Gasteiger partial charge in [-0.15, -0.1) is 6.58 Å². The van der Waals surface area contributed by atoms with E-state index in [9.17, 15) is 19.5 Å². The second kappa shape index (κ2) is 9.26. The first-order chi connectivity index (χ1) is 16.2. The van der Waals surface area contributed by atoms with Crippen LogP contribution in [0.3, 0.4) is 0 Å². The van der Waals surface area contributed by atoms with Gasteiger partial charge in [-0.1, -0.05) is 32.3 Å². The Labute approximate surface area is 202 Å². The molecule has 2 bridgehead atoms. The molecule has 4 aliphatic rings. The van der Waals surface area contributed by atoms with Crippen molar-refractivity contribution in [2.75, 3.05) is 19.8 Å². The van der Waals surface area contributed by atoms with Gasteiger partial charge in [0, 0.05) is 12.6 Å². The lowest BCUT2D eigenvalue weighted by Crippen LogP contribution is -2.60. The molecule has 190 valence electrons. The summed E-state index contributed by atoms with van der Waals surface area (Å²) in [5.41, 5.74) is -2.00. The average Bonchev–Trinajstić information content (AvgIpc) is 3.34. The lowest BCUT2D eigenvalue weighted by Gasteiger charge is -2.42. The van der Waals surface area contributed by atoms with Crippen molar-refractivity contribution in [1.82, 2.24) is 9.80 Å². The van der Waals surface area contributed by atoms with Crippen LogP contribution in [0.4, 0.5) is 0 Å². The molecule has 4 rings (SSSR count). The maximum absolute atomic E-state index is 14.4. The van der Waals surface area contributed by atoms with Crippen LogP contribution in [-0.4, -0.2) is 81.8 Å². The fraction of sp³-hybridized carbons (Fsp3) is 0.808. The maximum atomic E-state index is 14.4. The topological polar surface area (TPSA) is 96.4 Å². The summed E-state index contributed by atoms with van der Waals surface area (Å²) >= 11 is 0. The monoisotopic (exact) mass is 476 g/mol. The number of ether oxygens (including phenoxy) is 2. The van der Waals surface area contributed by atoms with Gasteiger partial charge in [0.1, 0.15) is 17.6 Å². The van der Waals surface area contributed by atoms with Crippen LogP contribution in [0.25, 0.3) is 0 Å². The van der Waals surface area contributed by atoms with Crippen LogP contribution < -0.4 is 0 Å². The summed E-state index contributed by atoms with van der Waals surface area (Å²) in [6, 6.07) is -1.38. The van der Waals surface area contributed by atoms with E-state index < -0.39 is 41.1 Å². The molecule has 1 N–H and O–H groups in total. The van der Waals surface area contributed by atoms with Crippen molar-refractivity contribution in [2.45, 2.75) is 95.5 Å². The van der Waals surface area contributed by atoms with E-state index in [0.29, 0.717) is 13.0 Å². The van der Waals surface area contributed by atoms with Gasteiger partial charge in [0.2, 0.25) is 11.8 Å². The van der Waals surface area contributed by atoms with Crippen molar-refractivity contribution in [2.24, 2.45) is 17.8 Å². The number of nitrogens with zero attached hydrogens (tertiary/aromatic N) is 2. The fourth-order valence-electron chi connectivity index (χ4n) is 7.22. The molecule has 0 aromatic carbocycles. The van der Waals surface area contributed by atoms with Crippen molar-refractivity contribution in [1.29, 1.82) is 0 Å². The van der Waals surface area contributed by atoms with E-state index in [1.165, 1.54) is 4.90 Å². The van der Waals surface area contributed by atoms with E-state index in [2.05, 4.69) is 6.58 Å². The van der Waals surface area contributed by atoms with Gasteiger partial charge in [0.15, 0.2) is 0 Å². The third kappa shape index (κ3) is 3.51. The molecule has 3 saturated heterocycles. The standard InChI is InChI=1S/C26H40N2O6/c1-6-13-27(18-11-9-8-10-12-18)23(31)21-26-14-16(3)25(5,34-26)20(24(32)33-7-2)19(26)22(30)28(21)17(4)15-29/h6,16-21,29H,1,7-15H2,2-5H3/t16?,17-,19+,20-,21?,25+,26?/m1/s1. The molecule has 8 heteroatoms. The van der Waals surface area contributed by atoms with Gasteiger partial charge in [-0.3, -0.25) is 14.4 Å². The number of carbonyl (C=O) groups is 3. The van der Waals surface area contributed by atoms with Crippen molar-refractivity contribution in [3.8, 4) is 0 Å². The first-order valence-corrected chi connectivity index (χ1v) is 12.9. The lowest BCUT2D eigenvalue weighted by atomic mass is 9.62. The Bertz CT molecular complexity index is 841. The summed E-state index contributed by atoms with van der Waals surface area (Å²) in [5.74, 6) is -2.52. The first kappa shape index (κ1) is 25.2. The maximum Gasteiger partial charge on any atom is 0.312 e. The van der Waals surface area contributed by atoms with Crippen LogP contribution in [0.2, 0.25) is 0 Å². The number of hydrogen-bond acceptors (Lipinski definition) is 6. The molecule has 2 amide bonds. The van der Waals surface area contributed by atoms with Gasteiger partial charge in [-0.2, -0.15) is 0 Å². The average molecular weight is 477 g/mol. The zero-order valence-corrected chi connectivity index (χ0v) is 21.0. The van der Waals surface area contributed by atoms with E-state index >= 15 is 0 Å². The Morgan fingerprint density at radius 3 is 2.62 bits per heavy atom. The number of hydrogen-bond donors (Lipinski definition) is 1. The number of rotatable bonds is 8. The second-order valence-corrected chi connectivity index (χ2v) is 10.8. The van der Waals surface area contributed by atoms with Crippen LogP contribution >= 0.6 is 0 Å². The number of esters is 1.